The number of hydrogen-bond donors (Lipinski definition) is 10. The van der Waals surface area contributed by atoms with Crippen molar-refractivity contribution in [2.75, 3.05) is 31.6 Å². The van der Waals surface area contributed by atoms with Crippen LogP contribution in [-0.4, -0.2) is 94.2 Å². The van der Waals surface area contributed by atoms with E-state index in [1.165, 1.54) is 0 Å². The number of benzene rings is 3. The van der Waals surface area contributed by atoms with E-state index in [9.17, 15) is 43.4 Å². The van der Waals surface area contributed by atoms with Crippen molar-refractivity contribution in [2.45, 2.75) is 127 Å². The highest BCUT2D eigenvalue weighted by atomic mass is 31.2. The number of nitrogens with one attached hydrogen (secondary N) is 1. The fourth-order valence-corrected chi connectivity index (χ4v) is 11.5. The number of cyclic esters (lactones) is 3. The molecule has 73 heavy (non-hydrogen) atoms. The Hall–Kier alpha value is -4.90. The average molecular weight is 1080 g/mol. The number of fused-ring (bicyclic) bond motifs is 3. The fraction of sp³-hybridized carbons (Fsp3) is 0.471. The Morgan fingerprint density at radius 2 is 0.863 bits per heavy atom. The molecule has 6 rings (SSSR count). The lowest BCUT2D eigenvalue weighted by molar-refractivity contribution is 0.0523. The second kappa shape index (κ2) is 25.6. The molecule has 19 nitrogen and oxygen atoms in total. The van der Waals surface area contributed by atoms with Crippen LogP contribution in [0.5, 0.6) is 17.2 Å². The van der Waals surface area contributed by atoms with Crippen molar-refractivity contribution in [1.82, 2.24) is 5.32 Å². The fourth-order valence-electron chi connectivity index (χ4n) is 9.38. The first-order chi connectivity index (χ1) is 34.0. The quantitative estimate of drug-likeness (QED) is 0.0180. The minimum Gasteiger partial charge on any atom is -0.507 e. The topological polar surface area (TPSA) is 324 Å². The van der Waals surface area contributed by atoms with E-state index >= 15 is 0 Å². The lowest BCUT2D eigenvalue weighted by Gasteiger charge is -2.16. The summed E-state index contributed by atoms with van der Waals surface area (Å²) in [7, 11) is -12.2. The lowest BCUT2D eigenvalue weighted by Crippen LogP contribution is -2.20. The van der Waals surface area contributed by atoms with Gasteiger partial charge >= 0.3 is 40.7 Å². The summed E-state index contributed by atoms with van der Waals surface area (Å²) in [5.74, 6) is -1.68. The molecule has 0 amide bonds. The Balaban J connectivity index is 0.000000238. The van der Waals surface area contributed by atoms with Gasteiger partial charge in [0.25, 0.3) is 0 Å². The summed E-state index contributed by atoms with van der Waals surface area (Å²) < 4.78 is 48.2. The van der Waals surface area contributed by atoms with Crippen molar-refractivity contribution >= 4 is 40.7 Å². The van der Waals surface area contributed by atoms with Gasteiger partial charge in [0, 0.05) is 46.5 Å². The van der Waals surface area contributed by atoms with E-state index in [0.717, 1.165) is 67.6 Å². The highest BCUT2D eigenvalue weighted by molar-refractivity contribution is 7.52. The molecule has 3 heterocycles. The minimum atomic E-state index is -4.13. The van der Waals surface area contributed by atoms with Crippen LogP contribution < -0.4 is 5.32 Å². The smallest absolute Gasteiger partial charge is 0.342 e. The van der Waals surface area contributed by atoms with Crippen LogP contribution in [0.4, 0.5) is 0 Å². The number of aromatic hydroxyl groups is 3. The first-order valence-corrected chi connectivity index (χ1v) is 29.3. The van der Waals surface area contributed by atoms with Crippen LogP contribution in [-0.2, 0) is 86.3 Å². The number of carbonyl (C=O) groups excluding carboxylic acids is 3. The number of rotatable bonds is 19. The molecular weight excluding hydrogens is 1010 g/mol. The summed E-state index contributed by atoms with van der Waals surface area (Å²) in [6.07, 6.45) is 8.27. The molecule has 0 fully saturated rings. The summed E-state index contributed by atoms with van der Waals surface area (Å²) in [5.41, 5.74) is 12.9. The molecule has 22 heteroatoms. The minimum absolute atomic E-state index is 0.00320. The van der Waals surface area contributed by atoms with Gasteiger partial charge < -0.3 is 64.2 Å². The Morgan fingerprint density at radius 3 is 1.18 bits per heavy atom. The van der Waals surface area contributed by atoms with Crippen molar-refractivity contribution in [3.63, 3.8) is 0 Å². The van der Waals surface area contributed by atoms with E-state index in [1.807, 2.05) is 61.5 Å². The standard InChI is InChI=1S/C18H26NO6P.C17H23O6P.C16H21O6P/c1-4-13-12(3)15-10-25-18(21)16(15)17(20)14(13)6-5-11(2)9-19-7-8-26(22,23)24;1-4-11(9-24(20,21)22)6-7-13-12(5-2)10(3)14-8-23-17(19)15(14)16(13)18;1-4-11-10(3)13-7-22-16(18)14(13)15(17)12(11)6-5-9(2)8-23(19,20)21/h5,19-20H,4,6-10H2,1-3H3,(H2,22,23,24);6,18H,4-5,7-9H2,1-3H3,(H2,20,21,22);5,17H,4,6-8H2,1-3H3,(H2,19,20,21)/b11-5+;11-6+;9-5+. The van der Waals surface area contributed by atoms with Gasteiger partial charge in [0.2, 0.25) is 0 Å². The van der Waals surface area contributed by atoms with E-state index in [1.54, 1.807) is 19.1 Å². The predicted molar refractivity (Wildman–Crippen MR) is 275 cm³/mol. The molecular formula is C51H70NO18P3. The van der Waals surface area contributed by atoms with Crippen LogP contribution >= 0.6 is 22.8 Å². The summed E-state index contributed by atoms with van der Waals surface area (Å²) >= 11 is 0. The maximum atomic E-state index is 11.9. The summed E-state index contributed by atoms with van der Waals surface area (Å²) in [4.78, 5) is 89.6. The van der Waals surface area contributed by atoms with E-state index in [4.69, 9.17) is 43.6 Å². The lowest BCUT2D eigenvalue weighted by atomic mass is 9.89. The number of esters is 3. The van der Waals surface area contributed by atoms with Crippen molar-refractivity contribution in [1.29, 1.82) is 0 Å². The van der Waals surface area contributed by atoms with Gasteiger partial charge in [-0.25, -0.2) is 14.4 Å². The van der Waals surface area contributed by atoms with E-state index in [-0.39, 0.29) is 78.8 Å². The first-order valence-electron chi connectivity index (χ1n) is 23.9. The zero-order valence-electron chi connectivity index (χ0n) is 42.9. The van der Waals surface area contributed by atoms with Crippen LogP contribution in [0.15, 0.2) is 34.9 Å². The Kier molecular flexibility index (Phi) is 21.2. The number of allylic oxidation sites excluding steroid dienone is 5. The SMILES string of the molecule is CC/C(=C\Cc1c(O)c2c(c(C)c1CC)COC2=O)CP(=O)(O)O.CCc1c(C)c2c(c(O)c1C/C=C(\C)CNCCP(=O)(O)O)C(=O)OC2.CCc1c(C)c2c(c(O)c1C/C=C(\C)CP(=O)(O)O)C(=O)OC2. The molecule has 0 unspecified atom stereocenters. The van der Waals surface area contributed by atoms with E-state index < -0.39 is 40.7 Å². The third-order valence-electron chi connectivity index (χ3n) is 13.2. The number of ether oxygens (including phenoxy) is 3. The summed E-state index contributed by atoms with van der Waals surface area (Å²) in [5, 5.41) is 34.6. The van der Waals surface area contributed by atoms with Crippen LogP contribution in [0.3, 0.4) is 0 Å². The predicted octanol–water partition coefficient (Wildman–Crippen LogP) is 7.78. The van der Waals surface area contributed by atoms with Gasteiger partial charge in [-0.1, -0.05) is 62.6 Å². The Bertz CT molecular complexity index is 2860. The summed E-state index contributed by atoms with van der Waals surface area (Å²) in [6, 6.07) is 0. The Labute approximate surface area is 425 Å². The number of phenols is 3. The highest BCUT2D eigenvalue weighted by Gasteiger charge is 2.33. The number of carbonyl (C=O) groups is 3. The van der Waals surface area contributed by atoms with Gasteiger partial charge in [-0.2, -0.15) is 0 Å². The van der Waals surface area contributed by atoms with E-state index in [2.05, 4.69) is 5.32 Å². The van der Waals surface area contributed by atoms with Crippen molar-refractivity contribution < 1.29 is 87.0 Å². The third kappa shape index (κ3) is 15.6. The summed E-state index contributed by atoms with van der Waals surface area (Å²) in [6.45, 7) is 18.3. The number of hydrogen-bond acceptors (Lipinski definition) is 13. The number of phenolic OH excluding ortho intramolecular Hbond substituents is 3. The highest BCUT2D eigenvalue weighted by Crippen LogP contribution is 2.43. The van der Waals surface area contributed by atoms with Gasteiger partial charge in [-0.3, -0.25) is 13.7 Å². The van der Waals surface area contributed by atoms with Crippen LogP contribution in [0.2, 0.25) is 0 Å². The molecule has 0 bridgehead atoms. The second-order valence-corrected chi connectivity index (χ2v) is 23.3. The van der Waals surface area contributed by atoms with Gasteiger partial charge in [-0.15, -0.1) is 0 Å². The molecule has 3 aliphatic rings. The maximum Gasteiger partial charge on any atom is 0.342 e. The molecule has 3 aliphatic heterocycles. The molecule has 402 valence electrons. The van der Waals surface area contributed by atoms with Crippen molar-refractivity contribution in [3.05, 3.63) is 118 Å². The molecule has 0 aromatic heterocycles. The van der Waals surface area contributed by atoms with Gasteiger partial charge in [-0.05, 0) is 113 Å². The van der Waals surface area contributed by atoms with Crippen LogP contribution in [0, 0.1) is 20.8 Å². The first kappa shape index (κ1) is 60.7. The molecule has 0 atom stereocenters. The van der Waals surface area contributed by atoms with Crippen LogP contribution in [0.25, 0.3) is 0 Å². The van der Waals surface area contributed by atoms with Gasteiger partial charge in [0.1, 0.15) is 53.8 Å². The molecule has 0 aliphatic carbocycles. The molecule has 3 aromatic rings. The zero-order chi connectivity index (χ0) is 54.9. The van der Waals surface area contributed by atoms with Gasteiger partial charge in [0.15, 0.2) is 0 Å². The molecule has 3 aromatic carbocycles. The molecule has 0 saturated carbocycles. The third-order valence-corrected chi connectivity index (χ3v) is 15.7. The average Bonchev–Trinajstić information content (AvgIpc) is 4.02. The second-order valence-electron chi connectivity index (χ2n) is 18.3. The molecule has 10 N–H and O–H groups in total. The van der Waals surface area contributed by atoms with Crippen molar-refractivity contribution in [3.8, 4) is 17.2 Å². The largest absolute Gasteiger partial charge is 0.507 e. The molecule has 0 saturated heterocycles. The van der Waals surface area contributed by atoms with Crippen LogP contribution in [0.1, 0.15) is 146 Å². The normalized spacial score (nSPS) is 14.7. The van der Waals surface area contributed by atoms with Crippen molar-refractivity contribution in [2.24, 2.45) is 0 Å². The molecule has 0 radical (unpaired) electrons. The molecule has 0 spiro atoms. The van der Waals surface area contributed by atoms with E-state index in [0.29, 0.717) is 67.3 Å². The zero-order valence-corrected chi connectivity index (χ0v) is 45.6. The monoisotopic (exact) mass is 1080 g/mol. The maximum absolute atomic E-state index is 11.9. The van der Waals surface area contributed by atoms with Gasteiger partial charge in [0.05, 0.1) is 18.5 Å². The Morgan fingerprint density at radius 1 is 0.521 bits per heavy atom.